The molecule has 0 bridgehead atoms. The number of aliphatic hydroxyl groups excluding tert-OH is 1. The lowest BCUT2D eigenvalue weighted by atomic mass is 9.98. The van der Waals surface area contributed by atoms with Gasteiger partial charge in [0.05, 0.1) is 11.7 Å². The van der Waals surface area contributed by atoms with Crippen molar-refractivity contribution in [2.75, 3.05) is 32.8 Å². The molecule has 0 saturated carbocycles. The van der Waals surface area contributed by atoms with Gasteiger partial charge in [-0.15, -0.1) is 0 Å². The zero-order valence-electron chi connectivity index (χ0n) is 13.6. The molecule has 3 rings (SSSR count). The number of aliphatic hydroxyl groups is 1. The fourth-order valence-corrected chi connectivity index (χ4v) is 3.29. The third-order valence-electron chi connectivity index (χ3n) is 4.73. The molecule has 0 spiro atoms. The average Bonchev–Trinajstić information content (AvgIpc) is 2.57. The van der Waals surface area contributed by atoms with E-state index in [0.717, 1.165) is 25.9 Å². The van der Waals surface area contributed by atoms with E-state index in [2.05, 4.69) is 4.90 Å². The third-order valence-corrected chi connectivity index (χ3v) is 4.73. The second kappa shape index (κ2) is 7.19. The third kappa shape index (κ3) is 3.68. The van der Waals surface area contributed by atoms with Crippen molar-refractivity contribution in [1.82, 2.24) is 9.80 Å². The molecule has 0 aromatic heterocycles. The van der Waals surface area contributed by atoms with E-state index in [-0.39, 0.29) is 24.2 Å². The maximum absolute atomic E-state index is 12.3. The van der Waals surface area contributed by atoms with Crippen molar-refractivity contribution < 1.29 is 19.4 Å². The van der Waals surface area contributed by atoms with Gasteiger partial charge in [0.15, 0.2) is 6.61 Å². The zero-order valence-corrected chi connectivity index (χ0v) is 13.6. The second-order valence-corrected chi connectivity index (χ2v) is 6.37. The molecule has 7 nitrogen and oxygen atoms in total. The molecule has 1 aromatic carbocycles. The summed E-state index contributed by atoms with van der Waals surface area (Å²) in [7, 11) is 0. The molecular weight excluding hydrogens is 310 g/mol. The maximum Gasteiger partial charge on any atom is 0.260 e. The standard InChI is InChI=1S/C17H23N3O4/c18-17(23)14-3-1-2-4-15(14)24-11-16(22)19-7-5-12(6-8-19)20-9-13(21)10-20/h1-4,12-13,21H,5-11H2,(H2,18,23). The lowest BCUT2D eigenvalue weighted by Crippen LogP contribution is -2.58. The van der Waals surface area contributed by atoms with Crippen molar-refractivity contribution >= 4 is 11.8 Å². The van der Waals surface area contributed by atoms with E-state index in [1.54, 1.807) is 29.2 Å². The number of likely N-dealkylation sites (tertiary alicyclic amines) is 2. The van der Waals surface area contributed by atoms with E-state index in [1.807, 2.05) is 0 Å². The van der Waals surface area contributed by atoms with E-state index >= 15 is 0 Å². The largest absolute Gasteiger partial charge is 0.483 e. The minimum atomic E-state index is -0.574. The number of carbonyl (C=O) groups is 2. The Morgan fingerprint density at radius 1 is 1.21 bits per heavy atom. The van der Waals surface area contributed by atoms with Crippen molar-refractivity contribution in [2.24, 2.45) is 5.73 Å². The number of hydrogen-bond donors (Lipinski definition) is 2. The summed E-state index contributed by atoms with van der Waals surface area (Å²) in [5, 5.41) is 9.37. The Morgan fingerprint density at radius 3 is 2.50 bits per heavy atom. The summed E-state index contributed by atoms with van der Waals surface area (Å²) in [6, 6.07) is 7.10. The molecule has 24 heavy (non-hydrogen) atoms. The van der Waals surface area contributed by atoms with Gasteiger partial charge in [0.25, 0.3) is 11.8 Å². The van der Waals surface area contributed by atoms with Crippen LogP contribution in [0.25, 0.3) is 0 Å². The summed E-state index contributed by atoms with van der Waals surface area (Å²) in [4.78, 5) is 27.7. The van der Waals surface area contributed by atoms with Gasteiger partial charge in [-0.25, -0.2) is 0 Å². The van der Waals surface area contributed by atoms with Crippen molar-refractivity contribution in [3.63, 3.8) is 0 Å². The maximum atomic E-state index is 12.3. The van der Waals surface area contributed by atoms with Crippen LogP contribution in [0.15, 0.2) is 24.3 Å². The Kier molecular flexibility index (Phi) is 5.01. The molecule has 1 aromatic rings. The second-order valence-electron chi connectivity index (χ2n) is 6.37. The smallest absolute Gasteiger partial charge is 0.260 e. The van der Waals surface area contributed by atoms with Gasteiger partial charge in [-0.3, -0.25) is 14.5 Å². The van der Waals surface area contributed by atoms with Crippen molar-refractivity contribution in [3.05, 3.63) is 29.8 Å². The number of amides is 2. The topological polar surface area (TPSA) is 96.1 Å². The quantitative estimate of drug-likeness (QED) is 0.780. The minimum Gasteiger partial charge on any atom is -0.483 e. The van der Waals surface area contributed by atoms with Gasteiger partial charge < -0.3 is 20.5 Å². The first-order chi connectivity index (χ1) is 11.5. The monoisotopic (exact) mass is 333 g/mol. The molecule has 2 heterocycles. The molecule has 7 heteroatoms. The fraction of sp³-hybridized carbons (Fsp3) is 0.529. The zero-order chi connectivity index (χ0) is 17.1. The summed E-state index contributed by atoms with van der Waals surface area (Å²) >= 11 is 0. The van der Waals surface area contributed by atoms with E-state index in [4.69, 9.17) is 10.5 Å². The first-order valence-electron chi connectivity index (χ1n) is 8.26. The van der Waals surface area contributed by atoms with Crippen LogP contribution < -0.4 is 10.5 Å². The Labute approximate surface area is 141 Å². The summed E-state index contributed by atoms with van der Waals surface area (Å²) in [6.45, 7) is 2.77. The molecule has 2 amide bonds. The predicted molar refractivity (Wildman–Crippen MR) is 87.6 cm³/mol. The highest BCUT2D eigenvalue weighted by Crippen LogP contribution is 2.22. The van der Waals surface area contributed by atoms with Crippen LogP contribution in [0, 0.1) is 0 Å². The molecule has 0 aliphatic carbocycles. The number of para-hydroxylation sites is 1. The van der Waals surface area contributed by atoms with Crippen LogP contribution in [0.1, 0.15) is 23.2 Å². The van der Waals surface area contributed by atoms with E-state index in [0.29, 0.717) is 24.9 Å². The van der Waals surface area contributed by atoms with Gasteiger partial charge in [-0.1, -0.05) is 12.1 Å². The van der Waals surface area contributed by atoms with Crippen LogP contribution in [-0.4, -0.2) is 71.7 Å². The molecule has 2 aliphatic rings. The number of carbonyl (C=O) groups excluding carboxylic acids is 2. The number of primary amides is 1. The SMILES string of the molecule is NC(=O)c1ccccc1OCC(=O)N1CCC(N2CC(O)C2)CC1. The molecule has 2 aliphatic heterocycles. The Morgan fingerprint density at radius 2 is 1.88 bits per heavy atom. The molecule has 0 atom stereocenters. The van der Waals surface area contributed by atoms with Crippen molar-refractivity contribution in [2.45, 2.75) is 25.0 Å². The number of benzene rings is 1. The summed E-state index contributed by atoms with van der Waals surface area (Å²) in [5.74, 6) is -0.324. The number of nitrogens with zero attached hydrogens (tertiary/aromatic N) is 2. The van der Waals surface area contributed by atoms with Gasteiger partial charge in [0, 0.05) is 32.2 Å². The molecule has 130 valence electrons. The van der Waals surface area contributed by atoms with Crippen LogP contribution in [0.2, 0.25) is 0 Å². The lowest BCUT2D eigenvalue weighted by molar-refractivity contribution is -0.135. The number of hydrogen-bond acceptors (Lipinski definition) is 5. The van der Waals surface area contributed by atoms with Crippen LogP contribution in [0.5, 0.6) is 5.75 Å². The van der Waals surface area contributed by atoms with Crippen LogP contribution in [-0.2, 0) is 4.79 Å². The Hall–Kier alpha value is -2.12. The van der Waals surface area contributed by atoms with E-state index < -0.39 is 5.91 Å². The summed E-state index contributed by atoms with van der Waals surface area (Å²) in [6.07, 6.45) is 1.63. The van der Waals surface area contributed by atoms with Gasteiger partial charge in [-0.2, -0.15) is 0 Å². The molecule has 2 fully saturated rings. The lowest BCUT2D eigenvalue weighted by Gasteiger charge is -2.45. The fourth-order valence-electron chi connectivity index (χ4n) is 3.29. The van der Waals surface area contributed by atoms with Crippen LogP contribution in [0.3, 0.4) is 0 Å². The number of ether oxygens (including phenoxy) is 1. The number of nitrogens with two attached hydrogens (primary N) is 1. The Balaban J connectivity index is 1.47. The van der Waals surface area contributed by atoms with Crippen LogP contribution in [0.4, 0.5) is 0 Å². The highest BCUT2D eigenvalue weighted by Gasteiger charge is 2.33. The highest BCUT2D eigenvalue weighted by molar-refractivity contribution is 5.95. The summed E-state index contributed by atoms with van der Waals surface area (Å²) < 4.78 is 5.50. The molecular formula is C17H23N3O4. The van der Waals surface area contributed by atoms with Crippen molar-refractivity contribution in [3.8, 4) is 5.75 Å². The molecule has 3 N–H and O–H groups in total. The van der Waals surface area contributed by atoms with E-state index in [1.165, 1.54) is 0 Å². The van der Waals surface area contributed by atoms with Gasteiger partial charge in [0.2, 0.25) is 0 Å². The normalized spacial score (nSPS) is 19.8. The molecule has 0 unspecified atom stereocenters. The average molecular weight is 333 g/mol. The molecule has 2 saturated heterocycles. The Bertz CT molecular complexity index is 608. The van der Waals surface area contributed by atoms with E-state index in [9.17, 15) is 14.7 Å². The van der Waals surface area contributed by atoms with Gasteiger partial charge in [-0.05, 0) is 25.0 Å². The number of β-amino-alcohol motifs (C(OH)–C–C–N with tert-alkyl or cyclic N) is 1. The predicted octanol–water partition coefficient (Wildman–Crippen LogP) is -0.168. The highest BCUT2D eigenvalue weighted by atomic mass is 16.5. The first-order valence-corrected chi connectivity index (χ1v) is 8.26. The van der Waals surface area contributed by atoms with Crippen molar-refractivity contribution in [1.29, 1.82) is 0 Å². The first kappa shape index (κ1) is 16.7. The van der Waals surface area contributed by atoms with Gasteiger partial charge >= 0.3 is 0 Å². The number of piperidine rings is 1. The van der Waals surface area contributed by atoms with Gasteiger partial charge in [0.1, 0.15) is 5.75 Å². The van der Waals surface area contributed by atoms with Crippen LogP contribution >= 0.6 is 0 Å². The molecule has 0 radical (unpaired) electrons. The summed E-state index contributed by atoms with van der Waals surface area (Å²) in [5.41, 5.74) is 5.58. The number of rotatable bonds is 5. The minimum absolute atomic E-state index is 0.0867.